The van der Waals surface area contributed by atoms with Crippen molar-refractivity contribution >= 4 is 0 Å². The molecule has 0 heterocycles. The molecule has 0 saturated carbocycles. The Bertz CT molecular complexity index is 194. The minimum Gasteiger partial charge on any atom is -0.103 e. The van der Waals surface area contributed by atoms with Crippen LogP contribution in [0, 0.1) is 0 Å². The maximum absolute atomic E-state index is 3.72. The van der Waals surface area contributed by atoms with Crippen molar-refractivity contribution in [1.82, 2.24) is 0 Å². The standard InChI is InChI=1S/C11H16/c1-3-5-6-11-8-7-10(4-2)9-11/h3,7,9H,1,4-6,8H2,2H3. The van der Waals surface area contributed by atoms with Gasteiger partial charge in [0.2, 0.25) is 0 Å². The van der Waals surface area contributed by atoms with Crippen LogP contribution in [0.4, 0.5) is 0 Å². The first kappa shape index (κ1) is 8.32. The monoisotopic (exact) mass is 148 g/mol. The molecule has 0 saturated heterocycles. The highest BCUT2D eigenvalue weighted by Gasteiger charge is 2.03. The zero-order chi connectivity index (χ0) is 8.10. The van der Waals surface area contributed by atoms with Gasteiger partial charge in [-0.2, -0.15) is 0 Å². The molecule has 1 rings (SSSR count). The molecule has 0 aromatic carbocycles. The van der Waals surface area contributed by atoms with Crippen molar-refractivity contribution in [1.29, 1.82) is 0 Å². The second kappa shape index (κ2) is 4.17. The lowest BCUT2D eigenvalue weighted by atomic mass is 10.1. The predicted molar refractivity (Wildman–Crippen MR) is 50.5 cm³/mol. The third kappa shape index (κ3) is 2.38. The van der Waals surface area contributed by atoms with E-state index in [4.69, 9.17) is 0 Å². The summed E-state index contributed by atoms with van der Waals surface area (Å²) in [7, 11) is 0. The van der Waals surface area contributed by atoms with Crippen molar-refractivity contribution in [2.24, 2.45) is 0 Å². The van der Waals surface area contributed by atoms with Gasteiger partial charge in [0.1, 0.15) is 0 Å². The molecule has 1 aliphatic carbocycles. The van der Waals surface area contributed by atoms with E-state index in [1.54, 1.807) is 5.57 Å². The Morgan fingerprint density at radius 2 is 2.45 bits per heavy atom. The molecule has 0 atom stereocenters. The van der Waals surface area contributed by atoms with E-state index in [-0.39, 0.29) is 0 Å². The summed E-state index contributed by atoms with van der Waals surface area (Å²) in [5, 5.41) is 0. The summed E-state index contributed by atoms with van der Waals surface area (Å²) in [4.78, 5) is 0. The summed E-state index contributed by atoms with van der Waals surface area (Å²) < 4.78 is 0. The molecule has 0 aromatic heterocycles. The molecule has 0 N–H and O–H groups in total. The van der Waals surface area contributed by atoms with Crippen LogP contribution in [0.5, 0.6) is 0 Å². The maximum atomic E-state index is 3.72. The van der Waals surface area contributed by atoms with E-state index >= 15 is 0 Å². The Morgan fingerprint density at radius 3 is 3.00 bits per heavy atom. The van der Waals surface area contributed by atoms with Crippen molar-refractivity contribution < 1.29 is 0 Å². The molecule has 0 heteroatoms. The number of rotatable bonds is 4. The SMILES string of the molecule is C=CCCC1=CC(CC)=CC1. The Morgan fingerprint density at radius 1 is 1.64 bits per heavy atom. The van der Waals surface area contributed by atoms with Crippen molar-refractivity contribution in [3.8, 4) is 0 Å². The summed E-state index contributed by atoms with van der Waals surface area (Å²) >= 11 is 0. The van der Waals surface area contributed by atoms with Crippen molar-refractivity contribution in [3.05, 3.63) is 36.0 Å². The van der Waals surface area contributed by atoms with Gasteiger partial charge in [-0.3, -0.25) is 0 Å². The van der Waals surface area contributed by atoms with E-state index in [0.717, 1.165) is 6.42 Å². The quantitative estimate of drug-likeness (QED) is 0.534. The average molecular weight is 148 g/mol. The second-order valence-electron chi connectivity index (χ2n) is 2.97. The Kier molecular flexibility index (Phi) is 3.15. The van der Waals surface area contributed by atoms with Gasteiger partial charge in [0.15, 0.2) is 0 Å². The third-order valence-electron chi connectivity index (χ3n) is 2.09. The smallest absolute Gasteiger partial charge is 0.0130 e. The third-order valence-corrected chi connectivity index (χ3v) is 2.09. The highest BCUT2D eigenvalue weighted by molar-refractivity contribution is 5.32. The Hall–Kier alpha value is -0.780. The van der Waals surface area contributed by atoms with Crippen LogP contribution in [0.3, 0.4) is 0 Å². The van der Waals surface area contributed by atoms with Gasteiger partial charge in [-0.25, -0.2) is 0 Å². The molecule has 0 spiro atoms. The summed E-state index contributed by atoms with van der Waals surface area (Å²) in [5.41, 5.74) is 3.07. The van der Waals surface area contributed by atoms with Gasteiger partial charge in [-0.1, -0.05) is 36.3 Å². The van der Waals surface area contributed by atoms with E-state index in [9.17, 15) is 0 Å². The topological polar surface area (TPSA) is 0 Å². The van der Waals surface area contributed by atoms with Gasteiger partial charge >= 0.3 is 0 Å². The first-order valence-corrected chi connectivity index (χ1v) is 4.36. The normalized spacial score (nSPS) is 16.1. The molecule has 1 aliphatic rings. The van der Waals surface area contributed by atoms with Crippen LogP contribution in [0.2, 0.25) is 0 Å². The van der Waals surface area contributed by atoms with Crippen LogP contribution in [-0.4, -0.2) is 0 Å². The van der Waals surface area contributed by atoms with Crippen molar-refractivity contribution in [2.45, 2.75) is 32.6 Å². The zero-order valence-corrected chi connectivity index (χ0v) is 7.27. The maximum Gasteiger partial charge on any atom is -0.0130 e. The molecule has 0 aromatic rings. The summed E-state index contributed by atoms with van der Waals surface area (Å²) in [6.07, 6.45) is 11.3. The highest BCUT2D eigenvalue weighted by atomic mass is 14.1. The van der Waals surface area contributed by atoms with Crippen molar-refractivity contribution in [2.75, 3.05) is 0 Å². The fourth-order valence-electron chi connectivity index (χ4n) is 1.35. The van der Waals surface area contributed by atoms with Crippen LogP contribution >= 0.6 is 0 Å². The van der Waals surface area contributed by atoms with Gasteiger partial charge in [0, 0.05) is 0 Å². The van der Waals surface area contributed by atoms with E-state index in [1.807, 2.05) is 6.08 Å². The van der Waals surface area contributed by atoms with E-state index < -0.39 is 0 Å². The molecule has 0 unspecified atom stereocenters. The number of allylic oxidation sites excluding steroid dienone is 5. The van der Waals surface area contributed by atoms with Crippen LogP contribution in [0.25, 0.3) is 0 Å². The van der Waals surface area contributed by atoms with E-state index in [0.29, 0.717) is 0 Å². The van der Waals surface area contributed by atoms with Crippen molar-refractivity contribution in [3.63, 3.8) is 0 Å². The lowest BCUT2D eigenvalue weighted by Gasteiger charge is -1.95. The van der Waals surface area contributed by atoms with Gasteiger partial charge in [-0.05, 0) is 25.7 Å². The Labute approximate surface area is 69.3 Å². The number of hydrogen-bond acceptors (Lipinski definition) is 0. The molecule has 0 radical (unpaired) electrons. The molecular weight excluding hydrogens is 132 g/mol. The minimum atomic E-state index is 1.12. The predicted octanol–water partition coefficient (Wildman–Crippen LogP) is 3.62. The molecule has 0 amide bonds. The van der Waals surface area contributed by atoms with Gasteiger partial charge in [0.25, 0.3) is 0 Å². The molecule has 0 fully saturated rings. The van der Waals surface area contributed by atoms with Gasteiger partial charge in [0.05, 0.1) is 0 Å². The van der Waals surface area contributed by atoms with Gasteiger partial charge in [-0.15, -0.1) is 6.58 Å². The molecule has 60 valence electrons. The van der Waals surface area contributed by atoms with Crippen LogP contribution in [0.15, 0.2) is 36.0 Å². The second-order valence-corrected chi connectivity index (χ2v) is 2.97. The average Bonchev–Trinajstić information content (AvgIpc) is 2.48. The molecule has 0 aliphatic heterocycles. The molecule has 11 heavy (non-hydrogen) atoms. The lowest BCUT2D eigenvalue weighted by molar-refractivity contribution is 0.953. The molecular formula is C11H16. The van der Waals surface area contributed by atoms with E-state index in [2.05, 4.69) is 25.7 Å². The zero-order valence-electron chi connectivity index (χ0n) is 7.27. The lowest BCUT2D eigenvalue weighted by Crippen LogP contribution is -1.75. The van der Waals surface area contributed by atoms with Crippen LogP contribution in [0.1, 0.15) is 32.6 Å². The first-order chi connectivity index (χ1) is 5.36. The summed E-state index contributed by atoms with van der Waals surface area (Å²) in [5.74, 6) is 0. The summed E-state index contributed by atoms with van der Waals surface area (Å²) in [6, 6.07) is 0. The van der Waals surface area contributed by atoms with Crippen LogP contribution in [-0.2, 0) is 0 Å². The molecule has 0 nitrogen and oxygen atoms in total. The Balaban J connectivity index is 2.35. The number of hydrogen-bond donors (Lipinski definition) is 0. The summed E-state index contributed by atoms with van der Waals surface area (Å²) in [6.45, 7) is 5.92. The fraction of sp³-hybridized carbons (Fsp3) is 0.455. The minimum absolute atomic E-state index is 1.12. The van der Waals surface area contributed by atoms with Gasteiger partial charge < -0.3 is 0 Å². The first-order valence-electron chi connectivity index (χ1n) is 4.36. The fourth-order valence-corrected chi connectivity index (χ4v) is 1.35. The highest BCUT2D eigenvalue weighted by Crippen LogP contribution is 2.23. The van der Waals surface area contributed by atoms with Crippen LogP contribution < -0.4 is 0 Å². The van der Waals surface area contributed by atoms with E-state index in [1.165, 1.54) is 24.8 Å². The largest absolute Gasteiger partial charge is 0.103 e. The molecule has 0 bridgehead atoms.